The van der Waals surface area contributed by atoms with E-state index in [4.69, 9.17) is 5.11 Å². The fourth-order valence-corrected chi connectivity index (χ4v) is 2.44. The zero-order valence-corrected chi connectivity index (χ0v) is 11.3. The van der Waals surface area contributed by atoms with Crippen molar-refractivity contribution in [1.82, 2.24) is 0 Å². The van der Waals surface area contributed by atoms with E-state index in [-0.39, 0.29) is 5.56 Å². The lowest BCUT2D eigenvalue weighted by Crippen LogP contribution is -2.22. The van der Waals surface area contributed by atoms with Crippen LogP contribution < -0.4 is 0 Å². The Hall–Kier alpha value is -2.75. The predicted octanol–water partition coefficient (Wildman–Crippen LogP) is 2.94. The van der Waals surface area contributed by atoms with Gasteiger partial charge in [-0.25, -0.2) is 4.79 Å². The minimum absolute atomic E-state index is 0.283. The Labute approximate surface area is 122 Å². The van der Waals surface area contributed by atoms with Gasteiger partial charge in [-0.1, -0.05) is 42.5 Å². The van der Waals surface area contributed by atoms with Crippen molar-refractivity contribution in [3.63, 3.8) is 0 Å². The maximum atomic E-state index is 10.9. The van der Waals surface area contributed by atoms with Gasteiger partial charge in [0.2, 0.25) is 0 Å². The van der Waals surface area contributed by atoms with Crippen molar-refractivity contribution >= 4 is 18.4 Å². The molecular weight excluding hydrogens is 264 g/mol. The Morgan fingerprint density at radius 1 is 0.952 bits per heavy atom. The molecule has 21 heavy (non-hydrogen) atoms. The van der Waals surface area contributed by atoms with E-state index in [0.717, 1.165) is 11.1 Å². The first-order valence-electron chi connectivity index (χ1n) is 6.66. The third-order valence-corrected chi connectivity index (χ3v) is 3.53. The van der Waals surface area contributed by atoms with Gasteiger partial charge >= 0.3 is 5.97 Å². The monoisotopic (exact) mass is 278 g/mol. The van der Waals surface area contributed by atoms with Gasteiger partial charge in [-0.05, 0) is 17.7 Å². The third kappa shape index (κ3) is 2.60. The second-order valence-electron chi connectivity index (χ2n) is 4.92. The highest BCUT2D eigenvalue weighted by atomic mass is 16.4. The van der Waals surface area contributed by atoms with Crippen LogP contribution in [0.25, 0.3) is 0 Å². The molecule has 0 unspecified atom stereocenters. The quantitative estimate of drug-likeness (QED) is 0.934. The van der Waals surface area contributed by atoms with Crippen molar-refractivity contribution < 1.29 is 9.90 Å². The summed E-state index contributed by atoms with van der Waals surface area (Å²) in [5.74, 6) is -0.920. The molecule has 0 radical (unpaired) electrons. The first kappa shape index (κ1) is 13.2. The van der Waals surface area contributed by atoms with Gasteiger partial charge in [0.25, 0.3) is 0 Å². The van der Waals surface area contributed by atoms with E-state index >= 15 is 0 Å². The highest BCUT2D eigenvalue weighted by Gasteiger charge is 2.32. The van der Waals surface area contributed by atoms with Crippen LogP contribution in [-0.2, 0) is 12.1 Å². The molecule has 1 heterocycles. The summed E-state index contributed by atoms with van der Waals surface area (Å²) in [6.07, 6.45) is 4.02. The third-order valence-electron chi connectivity index (χ3n) is 3.53. The van der Waals surface area contributed by atoms with Crippen LogP contribution in [0.1, 0.15) is 21.5 Å². The van der Waals surface area contributed by atoms with Crippen LogP contribution >= 0.6 is 0 Å². The molecule has 1 aliphatic rings. The molecule has 0 amide bonds. The Morgan fingerprint density at radius 2 is 1.57 bits per heavy atom. The number of aliphatic imine (C=N–C) groups is 2. The highest BCUT2D eigenvalue weighted by Crippen LogP contribution is 2.33. The van der Waals surface area contributed by atoms with Crippen LogP contribution in [0.5, 0.6) is 0 Å². The first-order chi connectivity index (χ1) is 10.2. The average molecular weight is 278 g/mol. The second-order valence-corrected chi connectivity index (χ2v) is 4.92. The summed E-state index contributed by atoms with van der Waals surface area (Å²) in [5.41, 5.74) is 1.68. The molecule has 0 bridgehead atoms. The maximum absolute atomic E-state index is 10.9. The van der Waals surface area contributed by atoms with Gasteiger partial charge < -0.3 is 5.11 Å². The lowest BCUT2D eigenvalue weighted by molar-refractivity contribution is 0.0697. The van der Waals surface area contributed by atoms with Crippen molar-refractivity contribution in [2.45, 2.75) is 12.1 Å². The Bertz CT molecular complexity index is 691. The van der Waals surface area contributed by atoms with Gasteiger partial charge in [-0.3, -0.25) is 9.98 Å². The number of rotatable bonds is 4. The average Bonchev–Trinajstić information content (AvgIpc) is 2.98. The maximum Gasteiger partial charge on any atom is 0.335 e. The van der Waals surface area contributed by atoms with Crippen molar-refractivity contribution in [3.05, 3.63) is 71.3 Å². The fraction of sp³-hybridized carbons (Fsp3) is 0.118. The van der Waals surface area contributed by atoms with Crippen LogP contribution in [0.2, 0.25) is 0 Å². The van der Waals surface area contributed by atoms with Crippen molar-refractivity contribution in [2.24, 2.45) is 9.98 Å². The molecule has 1 aliphatic heterocycles. The minimum atomic E-state index is -0.920. The largest absolute Gasteiger partial charge is 0.478 e. The van der Waals surface area contributed by atoms with Crippen LogP contribution in [0.3, 0.4) is 0 Å². The summed E-state index contributed by atoms with van der Waals surface area (Å²) in [6.45, 7) is 0. The number of hydrogen-bond donors (Lipinski definition) is 1. The summed E-state index contributed by atoms with van der Waals surface area (Å²) < 4.78 is 0. The number of carboxylic acid groups (broad SMARTS) is 1. The van der Waals surface area contributed by atoms with Crippen LogP contribution in [0.4, 0.5) is 0 Å². The van der Waals surface area contributed by atoms with E-state index in [1.54, 1.807) is 24.6 Å². The Morgan fingerprint density at radius 3 is 2.14 bits per heavy atom. The van der Waals surface area contributed by atoms with Gasteiger partial charge in [-0.2, -0.15) is 0 Å². The lowest BCUT2D eigenvalue weighted by Gasteiger charge is -2.24. The van der Waals surface area contributed by atoms with Crippen LogP contribution in [0, 0.1) is 0 Å². The standard InChI is InChI=1S/C17H14N2O2/c20-16(21)14-8-6-13(7-9-14)12-17(18-10-11-19-17)15-4-2-1-3-5-15/h1-11H,12H2,(H,20,21). The van der Waals surface area contributed by atoms with Crippen molar-refractivity contribution in [2.75, 3.05) is 0 Å². The van der Waals surface area contributed by atoms with Gasteiger partial charge in [0.15, 0.2) is 5.66 Å². The molecule has 0 atom stereocenters. The van der Waals surface area contributed by atoms with E-state index in [9.17, 15) is 4.79 Å². The smallest absolute Gasteiger partial charge is 0.335 e. The number of benzene rings is 2. The first-order valence-corrected chi connectivity index (χ1v) is 6.66. The molecule has 3 rings (SSSR count). The van der Waals surface area contributed by atoms with Crippen molar-refractivity contribution in [3.8, 4) is 0 Å². The molecule has 2 aromatic carbocycles. The topological polar surface area (TPSA) is 62.0 Å². The van der Waals surface area contributed by atoms with Crippen LogP contribution in [-0.4, -0.2) is 23.5 Å². The zero-order valence-electron chi connectivity index (χ0n) is 11.3. The molecule has 2 aromatic rings. The molecule has 0 aliphatic carbocycles. The van der Waals surface area contributed by atoms with Gasteiger partial charge in [0.05, 0.1) is 5.56 Å². The van der Waals surface area contributed by atoms with Gasteiger partial charge in [0, 0.05) is 24.4 Å². The number of carbonyl (C=O) groups is 1. The molecule has 0 saturated heterocycles. The molecule has 4 nitrogen and oxygen atoms in total. The summed E-state index contributed by atoms with van der Waals surface area (Å²) in [6, 6.07) is 16.8. The lowest BCUT2D eigenvalue weighted by atomic mass is 9.93. The van der Waals surface area contributed by atoms with Crippen LogP contribution in [0.15, 0.2) is 64.6 Å². The molecule has 0 saturated carbocycles. The fourth-order valence-electron chi connectivity index (χ4n) is 2.44. The molecule has 1 N–H and O–H groups in total. The van der Waals surface area contributed by atoms with E-state index in [0.29, 0.717) is 6.42 Å². The van der Waals surface area contributed by atoms with Gasteiger partial charge in [-0.15, -0.1) is 0 Å². The number of aromatic carboxylic acids is 1. The number of hydrogen-bond acceptors (Lipinski definition) is 3. The number of carboxylic acids is 1. The zero-order chi connectivity index (χ0) is 14.7. The van der Waals surface area contributed by atoms with E-state index < -0.39 is 11.6 Å². The second kappa shape index (κ2) is 5.32. The predicted molar refractivity (Wildman–Crippen MR) is 82.2 cm³/mol. The van der Waals surface area contributed by atoms with Gasteiger partial charge in [0.1, 0.15) is 0 Å². The summed E-state index contributed by atoms with van der Waals surface area (Å²) in [7, 11) is 0. The molecule has 0 fully saturated rings. The Kier molecular flexibility index (Phi) is 3.36. The molecule has 0 spiro atoms. The summed E-state index contributed by atoms with van der Waals surface area (Å²) in [5, 5.41) is 8.94. The summed E-state index contributed by atoms with van der Waals surface area (Å²) in [4.78, 5) is 19.9. The number of nitrogens with zero attached hydrogens (tertiary/aromatic N) is 2. The van der Waals surface area contributed by atoms with E-state index in [1.165, 1.54) is 0 Å². The van der Waals surface area contributed by atoms with Crippen molar-refractivity contribution in [1.29, 1.82) is 0 Å². The molecular formula is C17H14N2O2. The molecule has 4 heteroatoms. The summed E-state index contributed by atoms with van der Waals surface area (Å²) >= 11 is 0. The minimum Gasteiger partial charge on any atom is -0.478 e. The Balaban J connectivity index is 1.92. The SMILES string of the molecule is O=C(O)c1ccc(CC2(c3ccccc3)N=CC=N2)cc1. The normalized spacial score (nSPS) is 15.2. The highest BCUT2D eigenvalue weighted by molar-refractivity contribution is 6.17. The molecule has 104 valence electrons. The van der Waals surface area contributed by atoms with E-state index in [1.807, 2.05) is 42.5 Å². The van der Waals surface area contributed by atoms with E-state index in [2.05, 4.69) is 9.98 Å². The molecule has 0 aromatic heterocycles.